The molecule has 21 heavy (non-hydrogen) atoms. The Hall–Kier alpha value is -1.83. The first-order valence-electron chi connectivity index (χ1n) is 6.13. The average molecular weight is 308 g/mol. The molecule has 1 amide bonds. The zero-order valence-electron chi connectivity index (χ0n) is 11.6. The van der Waals surface area contributed by atoms with Crippen LogP contribution in [0.2, 0.25) is 0 Å². The fourth-order valence-electron chi connectivity index (χ4n) is 1.65. The van der Waals surface area contributed by atoms with Crippen molar-refractivity contribution < 1.29 is 27.1 Å². The van der Waals surface area contributed by atoms with Crippen LogP contribution >= 0.6 is 0 Å². The maximum atomic E-state index is 13.5. The molecule has 118 valence electrons. The number of carbonyl (C=O) groups is 1. The van der Waals surface area contributed by atoms with Gasteiger partial charge in [0.05, 0.1) is 26.2 Å². The fourth-order valence-corrected chi connectivity index (χ4v) is 1.65. The zero-order valence-corrected chi connectivity index (χ0v) is 11.6. The minimum atomic E-state index is -4.37. The molecule has 0 bridgehead atoms. The highest BCUT2D eigenvalue weighted by molar-refractivity contribution is 5.78. The number of rotatable bonds is 6. The minimum absolute atomic E-state index is 0.0733. The van der Waals surface area contributed by atoms with Crippen LogP contribution in [-0.4, -0.2) is 32.3 Å². The topological polar surface area (TPSA) is 50.4 Å². The first kappa shape index (κ1) is 17.2. The lowest BCUT2D eigenvalue weighted by Gasteiger charge is -2.16. The van der Waals surface area contributed by atoms with Gasteiger partial charge < -0.3 is 15.4 Å². The number of halogens is 4. The molecule has 1 unspecified atom stereocenters. The van der Waals surface area contributed by atoms with Gasteiger partial charge in [-0.05, 0) is 24.6 Å². The minimum Gasteiger partial charge on any atom is -0.494 e. The number of methoxy groups -OCH3 is 1. The van der Waals surface area contributed by atoms with Gasteiger partial charge in [0.2, 0.25) is 5.91 Å². The molecule has 4 nitrogen and oxygen atoms in total. The summed E-state index contributed by atoms with van der Waals surface area (Å²) in [5.41, 5.74) is 0.484. The largest absolute Gasteiger partial charge is 0.494 e. The van der Waals surface area contributed by atoms with Crippen molar-refractivity contribution in [1.82, 2.24) is 10.6 Å². The van der Waals surface area contributed by atoms with Gasteiger partial charge in [-0.2, -0.15) is 13.2 Å². The predicted octanol–water partition coefficient (Wildman–Crippen LogP) is 2.16. The van der Waals surface area contributed by atoms with E-state index in [0.717, 1.165) is 0 Å². The van der Waals surface area contributed by atoms with E-state index in [9.17, 15) is 22.4 Å². The third-order valence-electron chi connectivity index (χ3n) is 2.66. The predicted molar refractivity (Wildman–Crippen MR) is 68.4 cm³/mol. The van der Waals surface area contributed by atoms with E-state index in [0.29, 0.717) is 5.56 Å². The van der Waals surface area contributed by atoms with Crippen LogP contribution in [0, 0.1) is 5.82 Å². The lowest BCUT2D eigenvalue weighted by molar-refractivity contribution is -0.128. The van der Waals surface area contributed by atoms with Crippen molar-refractivity contribution in [1.29, 1.82) is 0 Å². The molecule has 0 fully saturated rings. The van der Waals surface area contributed by atoms with E-state index >= 15 is 0 Å². The molecular formula is C13H16F4N2O2. The van der Waals surface area contributed by atoms with E-state index in [-0.39, 0.29) is 5.75 Å². The Balaban J connectivity index is 2.51. The van der Waals surface area contributed by atoms with E-state index in [1.165, 1.54) is 19.2 Å². The van der Waals surface area contributed by atoms with Crippen LogP contribution in [0.25, 0.3) is 0 Å². The van der Waals surface area contributed by atoms with Crippen LogP contribution in [0.15, 0.2) is 18.2 Å². The van der Waals surface area contributed by atoms with Gasteiger partial charge in [-0.15, -0.1) is 0 Å². The van der Waals surface area contributed by atoms with Crippen molar-refractivity contribution in [2.45, 2.75) is 19.1 Å². The number of amides is 1. The molecule has 1 rings (SSSR count). The Bertz CT molecular complexity index is 492. The van der Waals surface area contributed by atoms with Gasteiger partial charge in [0.1, 0.15) is 0 Å². The second-order valence-electron chi connectivity index (χ2n) is 4.40. The molecule has 0 aliphatic heterocycles. The summed E-state index contributed by atoms with van der Waals surface area (Å²) in [6.07, 6.45) is -4.37. The molecule has 8 heteroatoms. The molecule has 0 aliphatic rings. The quantitative estimate of drug-likeness (QED) is 0.792. The summed E-state index contributed by atoms with van der Waals surface area (Å²) in [4.78, 5) is 11.5. The van der Waals surface area contributed by atoms with Crippen molar-refractivity contribution in [2.24, 2.45) is 0 Å². The Morgan fingerprint density at radius 2 is 2.05 bits per heavy atom. The maximum absolute atomic E-state index is 13.5. The number of carbonyl (C=O) groups excluding carboxylic acids is 1. The second kappa shape index (κ2) is 7.26. The standard InChI is InChI=1S/C13H16F4N2O2/c1-8(9-3-4-11(21-2)10(14)5-9)19-12(20)6-18-7-13(15,16)17/h3-5,8,18H,6-7H2,1-2H3,(H,19,20). The number of alkyl halides is 3. The molecule has 1 aromatic carbocycles. The first-order chi connectivity index (χ1) is 9.73. The molecule has 1 aromatic rings. The molecule has 0 spiro atoms. The third-order valence-corrected chi connectivity index (χ3v) is 2.66. The normalized spacial score (nSPS) is 12.9. The average Bonchev–Trinajstić information content (AvgIpc) is 2.36. The molecule has 0 radical (unpaired) electrons. The van der Waals surface area contributed by atoms with Crippen molar-refractivity contribution >= 4 is 5.91 Å². The summed E-state index contributed by atoms with van der Waals surface area (Å²) in [5, 5.41) is 4.45. The number of hydrogen-bond donors (Lipinski definition) is 2. The molecule has 0 saturated carbocycles. The van der Waals surface area contributed by atoms with E-state index in [1.54, 1.807) is 13.0 Å². The van der Waals surface area contributed by atoms with E-state index in [1.807, 2.05) is 5.32 Å². The van der Waals surface area contributed by atoms with E-state index in [2.05, 4.69) is 5.32 Å². The van der Waals surface area contributed by atoms with E-state index in [4.69, 9.17) is 4.74 Å². The lowest BCUT2D eigenvalue weighted by Crippen LogP contribution is -2.39. The summed E-state index contributed by atoms with van der Waals surface area (Å²) in [6.45, 7) is -0.114. The fraction of sp³-hybridized carbons (Fsp3) is 0.462. The van der Waals surface area contributed by atoms with Gasteiger partial charge in [-0.1, -0.05) is 6.07 Å². The summed E-state index contributed by atoms with van der Waals surface area (Å²) < 4.78 is 54.0. The number of benzene rings is 1. The number of hydrogen-bond acceptors (Lipinski definition) is 3. The van der Waals surface area contributed by atoms with Crippen LogP contribution < -0.4 is 15.4 Å². The van der Waals surface area contributed by atoms with Gasteiger partial charge in [0, 0.05) is 0 Å². The van der Waals surface area contributed by atoms with E-state index < -0.39 is 37.0 Å². The monoisotopic (exact) mass is 308 g/mol. The summed E-state index contributed by atoms with van der Waals surface area (Å²) >= 11 is 0. The highest BCUT2D eigenvalue weighted by Gasteiger charge is 2.26. The molecular weight excluding hydrogens is 292 g/mol. The van der Waals surface area contributed by atoms with Gasteiger partial charge in [-0.25, -0.2) is 4.39 Å². The molecule has 1 atom stereocenters. The molecule has 0 saturated heterocycles. The molecule has 2 N–H and O–H groups in total. The van der Waals surface area contributed by atoms with Crippen LogP contribution in [0.5, 0.6) is 5.75 Å². The number of ether oxygens (including phenoxy) is 1. The number of nitrogens with one attached hydrogen (secondary N) is 2. The smallest absolute Gasteiger partial charge is 0.401 e. The van der Waals surface area contributed by atoms with Crippen molar-refractivity contribution in [3.05, 3.63) is 29.6 Å². The lowest BCUT2D eigenvalue weighted by atomic mass is 10.1. The summed E-state index contributed by atoms with van der Waals surface area (Å²) in [6, 6.07) is 3.64. The molecule has 0 aromatic heterocycles. The van der Waals surface area contributed by atoms with Crippen LogP contribution in [0.4, 0.5) is 17.6 Å². The van der Waals surface area contributed by atoms with Crippen molar-refractivity contribution in [2.75, 3.05) is 20.2 Å². The molecule has 0 aliphatic carbocycles. The summed E-state index contributed by atoms with van der Waals surface area (Å²) in [7, 11) is 1.33. The summed E-state index contributed by atoms with van der Waals surface area (Å²) in [5.74, 6) is -1.11. The Morgan fingerprint density at radius 3 is 2.57 bits per heavy atom. The zero-order chi connectivity index (χ0) is 16.0. The van der Waals surface area contributed by atoms with Gasteiger partial charge in [-0.3, -0.25) is 4.79 Å². The maximum Gasteiger partial charge on any atom is 0.401 e. The Kier molecular flexibility index (Phi) is 5.95. The Labute approximate surface area is 119 Å². The SMILES string of the molecule is COc1ccc(C(C)NC(=O)CNCC(F)(F)F)cc1F. The van der Waals surface area contributed by atoms with Crippen LogP contribution in [0.3, 0.4) is 0 Å². The van der Waals surface area contributed by atoms with Gasteiger partial charge >= 0.3 is 6.18 Å². The van der Waals surface area contributed by atoms with Crippen molar-refractivity contribution in [3.63, 3.8) is 0 Å². The van der Waals surface area contributed by atoms with Crippen molar-refractivity contribution in [3.8, 4) is 5.75 Å². The molecule has 0 heterocycles. The first-order valence-corrected chi connectivity index (χ1v) is 6.13. The highest BCUT2D eigenvalue weighted by Crippen LogP contribution is 2.21. The second-order valence-corrected chi connectivity index (χ2v) is 4.40. The van der Waals surface area contributed by atoms with Gasteiger partial charge in [0.25, 0.3) is 0 Å². The van der Waals surface area contributed by atoms with Crippen LogP contribution in [0.1, 0.15) is 18.5 Å². The van der Waals surface area contributed by atoms with Crippen LogP contribution in [-0.2, 0) is 4.79 Å². The third kappa shape index (κ3) is 5.99. The van der Waals surface area contributed by atoms with Gasteiger partial charge in [0.15, 0.2) is 11.6 Å². The highest BCUT2D eigenvalue weighted by atomic mass is 19.4. The Morgan fingerprint density at radius 1 is 1.38 bits per heavy atom.